The molecule has 15 heavy (non-hydrogen) atoms. The van der Waals surface area contributed by atoms with E-state index in [-0.39, 0.29) is 6.10 Å². The van der Waals surface area contributed by atoms with Crippen molar-refractivity contribution < 1.29 is 5.11 Å². The van der Waals surface area contributed by atoms with E-state index in [9.17, 15) is 5.11 Å². The molecular weight excluding hydrogens is 186 g/mol. The first kappa shape index (κ1) is 11.0. The molecule has 3 unspecified atom stereocenters. The van der Waals surface area contributed by atoms with Gasteiger partial charge in [0.25, 0.3) is 0 Å². The second kappa shape index (κ2) is 5.01. The third-order valence-corrected chi connectivity index (χ3v) is 3.90. The number of likely N-dealkylation sites (tertiary alicyclic amines) is 1. The van der Waals surface area contributed by atoms with E-state index in [1.165, 1.54) is 32.2 Å². The van der Waals surface area contributed by atoms with Crippen molar-refractivity contribution in [2.24, 2.45) is 5.92 Å². The zero-order valence-electron chi connectivity index (χ0n) is 9.58. The van der Waals surface area contributed by atoms with Crippen LogP contribution >= 0.6 is 0 Å². The molecule has 1 heterocycles. The first-order valence-corrected chi connectivity index (χ1v) is 6.14. The van der Waals surface area contributed by atoms with Gasteiger partial charge in [0.1, 0.15) is 0 Å². The zero-order chi connectivity index (χ0) is 10.7. The van der Waals surface area contributed by atoms with E-state index in [1.54, 1.807) is 0 Å². The van der Waals surface area contributed by atoms with Crippen molar-refractivity contribution in [1.29, 1.82) is 0 Å². The smallest absolute Gasteiger partial charge is 0.0603 e. The fourth-order valence-electron chi connectivity index (χ4n) is 3.13. The minimum absolute atomic E-state index is 0.0508. The molecule has 0 spiro atoms. The van der Waals surface area contributed by atoms with E-state index >= 15 is 0 Å². The topological polar surface area (TPSA) is 23.5 Å². The Morgan fingerprint density at radius 3 is 2.80 bits per heavy atom. The number of hydrogen-bond acceptors (Lipinski definition) is 2. The SMILES string of the molecule is CC#CCN1CCCC1C1CCCC1O. The standard InChI is InChI=1S/C13H21NO/c1-2-3-9-14-10-5-7-12(14)11-6-4-8-13(11)15/h11-13,15H,4-10H2,1H3. The molecule has 2 fully saturated rings. The quantitative estimate of drug-likeness (QED) is 0.696. The van der Waals surface area contributed by atoms with E-state index in [2.05, 4.69) is 16.7 Å². The van der Waals surface area contributed by atoms with Crippen LogP contribution in [0.5, 0.6) is 0 Å². The van der Waals surface area contributed by atoms with Gasteiger partial charge in [-0.25, -0.2) is 0 Å². The molecule has 2 rings (SSSR count). The lowest BCUT2D eigenvalue weighted by molar-refractivity contribution is 0.0796. The number of aliphatic hydroxyl groups excluding tert-OH is 1. The van der Waals surface area contributed by atoms with Gasteiger partial charge in [0.2, 0.25) is 0 Å². The Morgan fingerprint density at radius 2 is 2.13 bits per heavy atom. The van der Waals surface area contributed by atoms with Gasteiger partial charge in [0.15, 0.2) is 0 Å². The van der Waals surface area contributed by atoms with E-state index in [0.717, 1.165) is 13.0 Å². The van der Waals surface area contributed by atoms with Crippen molar-refractivity contribution in [2.45, 2.75) is 51.2 Å². The number of rotatable bonds is 2. The molecule has 0 bridgehead atoms. The summed E-state index contributed by atoms with van der Waals surface area (Å²) in [7, 11) is 0. The fourth-order valence-corrected chi connectivity index (χ4v) is 3.13. The lowest BCUT2D eigenvalue weighted by Gasteiger charge is -2.29. The highest BCUT2D eigenvalue weighted by Gasteiger charge is 2.37. The Balaban J connectivity index is 1.96. The third kappa shape index (κ3) is 2.35. The first-order chi connectivity index (χ1) is 7.33. The van der Waals surface area contributed by atoms with Crippen LogP contribution in [0.15, 0.2) is 0 Å². The van der Waals surface area contributed by atoms with Gasteiger partial charge in [-0.1, -0.05) is 12.3 Å². The molecule has 2 aliphatic rings. The Kier molecular flexibility index (Phi) is 3.66. The van der Waals surface area contributed by atoms with Gasteiger partial charge in [0.05, 0.1) is 12.6 Å². The summed E-state index contributed by atoms with van der Waals surface area (Å²) in [5, 5.41) is 9.93. The summed E-state index contributed by atoms with van der Waals surface area (Å²) in [6.45, 7) is 3.96. The van der Waals surface area contributed by atoms with Crippen molar-refractivity contribution in [3.05, 3.63) is 0 Å². The number of hydrogen-bond donors (Lipinski definition) is 1. The maximum Gasteiger partial charge on any atom is 0.0603 e. The molecule has 0 amide bonds. The highest BCUT2D eigenvalue weighted by molar-refractivity contribution is 5.01. The summed E-state index contributed by atoms with van der Waals surface area (Å²) < 4.78 is 0. The van der Waals surface area contributed by atoms with Gasteiger partial charge in [-0.2, -0.15) is 0 Å². The van der Waals surface area contributed by atoms with E-state index in [1.807, 2.05) is 6.92 Å². The zero-order valence-corrected chi connectivity index (χ0v) is 9.58. The molecule has 1 aliphatic heterocycles. The monoisotopic (exact) mass is 207 g/mol. The molecule has 0 radical (unpaired) electrons. The summed E-state index contributed by atoms with van der Waals surface area (Å²) in [4.78, 5) is 2.47. The molecule has 1 saturated heterocycles. The van der Waals surface area contributed by atoms with Crippen LogP contribution in [0.3, 0.4) is 0 Å². The molecule has 3 atom stereocenters. The van der Waals surface area contributed by atoms with Crippen LogP contribution in [0.2, 0.25) is 0 Å². The van der Waals surface area contributed by atoms with Gasteiger partial charge in [-0.15, -0.1) is 5.92 Å². The molecule has 0 aromatic carbocycles. The average molecular weight is 207 g/mol. The van der Waals surface area contributed by atoms with Crippen LogP contribution in [0.1, 0.15) is 39.0 Å². The second-order valence-corrected chi connectivity index (χ2v) is 4.77. The fraction of sp³-hybridized carbons (Fsp3) is 0.846. The highest BCUT2D eigenvalue weighted by Crippen LogP contribution is 2.35. The van der Waals surface area contributed by atoms with Crippen LogP contribution in [0.4, 0.5) is 0 Å². The van der Waals surface area contributed by atoms with Crippen LogP contribution in [0.25, 0.3) is 0 Å². The second-order valence-electron chi connectivity index (χ2n) is 4.77. The molecule has 0 aromatic heterocycles. The summed E-state index contributed by atoms with van der Waals surface area (Å²) >= 11 is 0. The highest BCUT2D eigenvalue weighted by atomic mass is 16.3. The van der Waals surface area contributed by atoms with Gasteiger partial charge in [-0.05, 0) is 39.2 Å². The van der Waals surface area contributed by atoms with Crippen molar-refractivity contribution in [1.82, 2.24) is 4.90 Å². The maximum absolute atomic E-state index is 9.93. The maximum atomic E-state index is 9.93. The Morgan fingerprint density at radius 1 is 1.27 bits per heavy atom. The van der Waals surface area contributed by atoms with Crippen LogP contribution in [-0.2, 0) is 0 Å². The number of aliphatic hydroxyl groups is 1. The Hall–Kier alpha value is -0.520. The van der Waals surface area contributed by atoms with Crippen molar-refractivity contribution in [2.75, 3.05) is 13.1 Å². The summed E-state index contributed by atoms with van der Waals surface area (Å²) in [5.41, 5.74) is 0. The molecule has 2 nitrogen and oxygen atoms in total. The van der Waals surface area contributed by atoms with Gasteiger partial charge >= 0.3 is 0 Å². The molecule has 1 aliphatic carbocycles. The van der Waals surface area contributed by atoms with Gasteiger partial charge in [-0.3, -0.25) is 4.90 Å². The summed E-state index contributed by atoms with van der Waals surface area (Å²) in [6.07, 6.45) is 5.91. The molecule has 1 saturated carbocycles. The van der Waals surface area contributed by atoms with Gasteiger partial charge < -0.3 is 5.11 Å². The number of nitrogens with zero attached hydrogens (tertiary/aromatic N) is 1. The van der Waals surface area contributed by atoms with E-state index in [0.29, 0.717) is 12.0 Å². The predicted molar refractivity (Wildman–Crippen MR) is 61.4 cm³/mol. The minimum atomic E-state index is -0.0508. The summed E-state index contributed by atoms with van der Waals surface area (Å²) in [6, 6.07) is 0.600. The minimum Gasteiger partial charge on any atom is -0.393 e. The Bertz CT molecular complexity index is 265. The van der Waals surface area contributed by atoms with Gasteiger partial charge in [0, 0.05) is 12.0 Å². The van der Waals surface area contributed by atoms with Crippen LogP contribution in [0, 0.1) is 17.8 Å². The molecule has 0 aromatic rings. The van der Waals surface area contributed by atoms with E-state index in [4.69, 9.17) is 0 Å². The lowest BCUT2D eigenvalue weighted by atomic mass is 9.94. The molecular formula is C13H21NO. The third-order valence-electron chi connectivity index (χ3n) is 3.90. The molecule has 84 valence electrons. The van der Waals surface area contributed by atoms with E-state index < -0.39 is 0 Å². The van der Waals surface area contributed by atoms with Crippen molar-refractivity contribution in [3.8, 4) is 11.8 Å². The molecule has 2 heteroatoms. The normalized spacial score (nSPS) is 36.5. The lowest BCUT2D eigenvalue weighted by Crippen LogP contribution is -2.39. The van der Waals surface area contributed by atoms with Crippen molar-refractivity contribution >= 4 is 0 Å². The first-order valence-electron chi connectivity index (χ1n) is 6.14. The Labute approximate surface area is 92.7 Å². The molecule has 1 N–H and O–H groups in total. The van der Waals surface area contributed by atoms with Crippen molar-refractivity contribution in [3.63, 3.8) is 0 Å². The predicted octanol–water partition coefficient (Wildman–Crippen LogP) is 1.64. The van der Waals surface area contributed by atoms with Crippen LogP contribution < -0.4 is 0 Å². The summed E-state index contributed by atoms with van der Waals surface area (Å²) in [5.74, 6) is 6.64. The largest absolute Gasteiger partial charge is 0.393 e. The average Bonchev–Trinajstić information content (AvgIpc) is 2.82. The van der Waals surface area contributed by atoms with Crippen LogP contribution in [-0.4, -0.2) is 35.2 Å².